The topological polar surface area (TPSA) is 46.5 Å². The maximum absolute atomic E-state index is 10.9. The van der Waals surface area contributed by atoms with Gasteiger partial charge in [0, 0.05) is 16.5 Å². The van der Waals surface area contributed by atoms with E-state index in [0.717, 1.165) is 11.3 Å². The van der Waals surface area contributed by atoms with Gasteiger partial charge in [-0.05, 0) is 17.7 Å². The number of aliphatic hydroxyl groups is 1. The molecule has 1 N–H and O–H groups in total. The minimum atomic E-state index is -0.653. The predicted octanol–water partition coefficient (Wildman–Crippen LogP) is 2.50. The lowest BCUT2D eigenvalue weighted by Gasteiger charge is -2.08. The van der Waals surface area contributed by atoms with E-state index in [-0.39, 0.29) is 12.4 Å². The van der Waals surface area contributed by atoms with Crippen molar-refractivity contribution in [3.05, 3.63) is 34.9 Å². The zero-order valence-electron chi connectivity index (χ0n) is 9.56. The van der Waals surface area contributed by atoms with Crippen molar-refractivity contribution in [1.82, 2.24) is 0 Å². The number of methoxy groups -OCH3 is 1. The van der Waals surface area contributed by atoms with Crippen LogP contribution in [-0.2, 0) is 15.3 Å². The molecule has 0 radical (unpaired) electrons. The average Bonchev–Trinajstić information content (AvgIpc) is 2.31. The number of aliphatic hydroxyl groups excluding tert-OH is 1. The molecular weight excluding hydrogens is 260 g/mol. The molecule has 0 saturated carbocycles. The Morgan fingerprint density at radius 2 is 2.12 bits per heavy atom. The van der Waals surface area contributed by atoms with Crippen LogP contribution in [0.5, 0.6) is 0 Å². The Bertz CT molecular complexity index is 353. The smallest absolute Gasteiger partial charge is 0.308 e. The first-order valence-corrected chi connectivity index (χ1v) is 6.72. The summed E-state index contributed by atoms with van der Waals surface area (Å²) in [4.78, 5) is 10.9. The average molecular weight is 275 g/mol. The van der Waals surface area contributed by atoms with E-state index in [1.54, 1.807) is 11.8 Å². The highest BCUT2D eigenvalue weighted by Crippen LogP contribution is 2.16. The Labute approximate surface area is 110 Å². The van der Waals surface area contributed by atoms with Gasteiger partial charge >= 0.3 is 5.97 Å². The van der Waals surface area contributed by atoms with Gasteiger partial charge in [-0.2, -0.15) is 11.8 Å². The van der Waals surface area contributed by atoms with Crippen LogP contribution in [0.25, 0.3) is 0 Å². The summed E-state index contributed by atoms with van der Waals surface area (Å²) in [6.07, 6.45) is -0.607. The lowest BCUT2D eigenvalue weighted by molar-refractivity contribution is -0.142. The van der Waals surface area contributed by atoms with E-state index in [2.05, 4.69) is 4.74 Å². The molecule has 0 fully saturated rings. The molecule has 0 spiro atoms. The fourth-order valence-electron chi connectivity index (χ4n) is 1.23. The van der Waals surface area contributed by atoms with Crippen LogP contribution < -0.4 is 0 Å². The van der Waals surface area contributed by atoms with E-state index < -0.39 is 6.10 Å². The van der Waals surface area contributed by atoms with Gasteiger partial charge in [0.25, 0.3) is 0 Å². The summed E-state index contributed by atoms with van der Waals surface area (Å²) < 4.78 is 4.48. The number of thioether (sulfide) groups is 1. The molecular formula is C12H15ClO3S. The molecule has 17 heavy (non-hydrogen) atoms. The maximum Gasteiger partial charge on any atom is 0.308 e. The molecule has 0 heterocycles. The van der Waals surface area contributed by atoms with Crippen molar-refractivity contribution in [2.24, 2.45) is 0 Å². The van der Waals surface area contributed by atoms with Gasteiger partial charge in [-0.3, -0.25) is 4.79 Å². The maximum atomic E-state index is 10.9. The first kappa shape index (κ1) is 14.4. The highest BCUT2D eigenvalue weighted by molar-refractivity contribution is 7.98. The molecule has 0 bridgehead atoms. The second-order valence-electron chi connectivity index (χ2n) is 3.58. The van der Waals surface area contributed by atoms with E-state index in [9.17, 15) is 9.90 Å². The van der Waals surface area contributed by atoms with Gasteiger partial charge in [0.1, 0.15) is 0 Å². The van der Waals surface area contributed by atoms with Crippen molar-refractivity contribution in [1.29, 1.82) is 0 Å². The second kappa shape index (κ2) is 7.58. The molecule has 0 amide bonds. The molecule has 1 aromatic rings. The Morgan fingerprint density at radius 1 is 1.47 bits per heavy atom. The van der Waals surface area contributed by atoms with E-state index in [1.807, 2.05) is 24.3 Å². The van der Waals surface area contributed by atoms with Crippen molar-refractivity contribution in [2.75, 3.05) is 12.9 Å². The largest absolute Gasteiger partial charge is 0.469 e. The zero-order valence-corrected chi connectivity index (χ0v) is 11.1. The van der Waals surface area contributed by atoms with E-state index in [1.165, 1.54) is 7.11 Å². The third-order valence-electron chi connectivity index (χ3n) is 2.12. The lowest BCUT2D eigenvalue weighted by Crippen LogP contribution is -2.16. The third-order valence-corrected chi connectivity index (χ3v) is 3.53. The number of hydrogen-bond donors (Lipinski definition) is 1. The van der Waals surface area contributed by atoms with Crippen LogP contribution >= 0.6 is 23.4 Å². The molecule has 0 unspecified atom stereocenters. The molecule has 0 aromatic heterocycles. The van der Waals surface area contributed by atoms with Crippen LogP contribution in [0.1, 0.15) is 12.0 Å². The molecule has 5 heteroatoms. The highest BCUT2D eigenvalue weighted by Gasteiger charge is 2.10. The fourth-order valence-corrected chi connectivity index (χ4v) is 2.29. The number of ether oxygens (including phenoxy) is 1. The summed E-state index contributed by atoms with van der Waals surface area (Å²) in [5.41, 5.74) is 1.14. The fraction of sp³-hybridized carbons (Fsp3) is 0.417. The zero-order chi connectivity index (χ0) is 12.7. The molecule has 1 rings (SSSR count). The lowest BCUT2D eigenvalue weighted by atomic mass is 10.2. The number of rotatable bonds is 6. The highest BCUT2D eigenvalue weighted by atomic mass is 35.5. The summed E-state index contributed by atoms with van der Waals surface area (Å²) in [6.45, 7) is 0. The normalized spacial score (nSPS) is 12.2. The Hall–Kier alpha value is -0.710. The molecule has 0 aliphatic heterocycles. The molecule has 1 atom stereocenters. The standard InChI is InChI=1S/C12H15ClO3S/c1-16-12(15)6-11(14)8-17-7-9-2-4-10(13)5-3-9/h2-5,11,14H,6-8H2,1H3/t11-/m1/s1. The number of carbonyl (C=O) groups excluding carboxylic acids is 1. The van der Waals surface area contributed by atoms with Gasteiger partial charge in [0.2, 0.25) is 0 Å². The van der Waals surface area contributed by atoms with Crippen LogP contribution in [0.3, 0.4) is 0 Å². The van der Waals surface area contributed by atoms with E-state index in [4.69, 9.17) is 11.6 Å². The van der Waals surface area contributed by atoms with Crippen LogP contribution in [-0.4, -0.2) is 30.0 Å². The molecule has 0 saturated heterocycles. The minimum Gasteiger partial charge on any atom is -0.469 e. The number of carbonyl (C=O) groups is 1. The van der Waals surface area contributed by atoms with Crippen LogP contribution in [0.15, 0.2) is 24.3 Å². The van der Waals surface area contributed by atoms with E-state index >= 15 is 0 Å². The summed E-state index contributed by atoms with van der Waals surface area (Å²) in [6, 6.07) is 7.56. The minimum absolute atomic E-state index is 0.0458. The van der Waals surface area contributed by atoms with Gasteiger partial charge in [-0.15, -0.1) is 0 Å². The first-order chi connectivity index (χ1) is 8.11. The molecule has 94 valence electrons. The van der Waals surface area contributed by atoms with Crippen molar-refractivity contribution in [2.45, 2.75) is 18.3 Å². The summed E-state index contributed by atoms with van der Waals surface area (Å²) in [5.74, 6) is 0.914. The molecule has 0 aliphatic carbocycles. The number of hydrogen-bond acceptors (Lipinski definition) is 4. The quantitative estimate of drug-likeness (QED) is 0.810. The summed E-state index contributed by atoms with van der Waals surface area (Å²) >= 11 is 7.34. The van der Waals surface area contributed by atoms with Gasteiger partial charge in [0.05, 0.1) is 19.6 Å². The second-order valence-corrected chi connectivity index (χ2v) is 5.04. The monoisotopic (exact) mass is 274 g/mol. The van der Waals surface area contributed by atoms with Gasteiger partial charge in [0.15, 0.2) is 0 Å². The van der Waals surface area contributed by atoms with Crippen LogP contribution in [0, 0.1) is 0 Å². The Balaban J connectivity index is 2.23. The summed E-state index contributed by atoms with van der Waals surface area (Å²) in [5, 5.41) is 10.2. The summed E-state index contributed by atoms with van der Waals surface area (Å²) in [7, 11) is 1.32. The Morgan fingerprint density at radius 3 is 2.71 bits per heavy atom. The molecule has 3 nitrogen and oxygen atoms in total. The van der Waals surface area contributed by atoms with Gasteiger partial charge in [-0.1, -0.05) is 23.7 Å². The van der Waals surface area contributed by atoms with Crippen molar-refractivity contribution < 1.29 is 14.6 Å². The van der Waals surface area contributed by atoms with Crippen molar-refractivity contribution in [3.63, 3.8) is 0 Å². The number of benzene rings is 1. The third kappa shape index (κ3) is 5.96. The van der Waals surface area contributed by atoms with Crippen LogP contribution in [0.4, 0.5) is 0 Å². The predicted molar refractivity (Wildman–Crippen MR) is 70.3 cm³/mol. The molecule has 1 aromatic carbocycles. The van der Waals surface area contributed by atoms with Gasteiger partial charge < -0.3 is 9.84 Å². The van der Waals surface area contributed by atoms with Crippen molar-refractivity contribution >= 4 is 29.3 Å². The van der Waals surface area contributed by atoms with Gasteiger partial charge in [-0.25, -0.2) is 0 Å². The van der Waals surface area contributed by atoms with Crippen LogP contribution in [0.2, 0.25) is 5.02 Å². The Kier molecular flexibility index (Phi) is 6.40. The first-order valence-electron chi connectivity index (χ1n) is 5.19. The SMILES string of the molecule is COC(=O)C[C@@H](O)CSCc1ccc(Cl)cc1. The van der Waals surface area contributed by atoms with E-state index in [0.29, 0.717) is 10.8 Å². The van der Waals surface area contributed by atoms with Crippen molar-refractivity contribution in [3.8, 4) is 0 Å². The number of esters is 1. The number of halogens is 1. The molecule has 0 aliphatic rings.